The third-order valence-electron chi connectivity index (χ3n) is 2.62. The molecule has 6 nitrogen and oxygen atoms in total. The van der Waals surface area contributed by atoms with E-state index in [1.54, 1.807) is 0 Å². The average Bonchev–Trinajstić information content (AvgIpc) is 2.37. The molecule has 0 spiro atoms. The van der Waals surface area contributed by atoms with E-state index in [4.69, 9.17) is 9.47 Å². The Morgan fingerprint density at radius 1 is 0.941 bits per heavy atom. The first kappa shape index (κ1) is 15.9. The minimum Gasteiger partial charge on any atom is -0.468 e. The normalized spacial score (nSPS) is 12.6. The van der Waals surface area contributed by atoms with E-state index in [1.165, 1.54) is 28.4 Å². The highest BCUT2D eigenvalue weighted by molar-refractivity contribution is 5.95. The highest BCUT2D eigenvalue weighted by Crippen LogP contribution is 2.25. The van der Waals surface area contributed by atoms with Crippen molar-refractivity contribution < 1.29 is 28.5 Å². The molecule has 0 N–H and O–H groups in total. The molecule has 0 radical (unpaired) electrons. The number of hydrogen-bond acceptors (Lipinski definition) is 6. The second-order valence-corrected chi connectivity index (χ2v) is 3.44. The maximum Gasteiger partial charge on any atom is 0.320 e. The number of methoxy groups -OCH3 is 4. The first-order chi connectivity index (χ1) is 8.06. The van der Waals surface area contributed by atoms with Crippen molar-refractivity contribution in [2.24, 2.45) is 11.8 Å². The Morgan fingerprint density at radius 3 is 1.59 bits per heavy atom. The fraction of sp³-hybridized carbons (Fsp3) is 0.818. The minimum absolute atomic E-state index is 0.454. The van der Waals surface area contributed by atoms with Crippen molar-refractivity contribution in [3.8, 4) is 0 Å². The van der Waals surface area contributed by atoms with E-state index in [1.807, 2.05) is 6.92 Å². The minimum atomic E-state index is -1.04. The summed E-state index contributed by atoms with van der Waals surface area (Å²) in [4.78, 5) is 23.2. The van der Waals surface area contributed by atoms with Crippen LogP contribution in [0.2, 0.25) is 0 Å². The fourth-order valence-electron chi connectivity index (χ4n) is 1.73. The van der Waals surface area contributed by atoms with Gasteiger partial charge in [-0.15, -0.1) is 0 Å². The molecule has 0 saturated heterocycles. The van der Waals surface area contributed by atoms with E-state index < -0.39 is 30.1 Å². The second kappa shape index (κ2) is 8.03. The van der Waals surface area contributed by atoms with Crippen molar-refractivity contribution in [3.05, 3.63) is 0 Å². The van der Waals surface area contributed by atoms with Crippen LogP contribution >= 0.6 is 0 Å². The van der Waals surface area contributed by atoms with Crippen LogP contribution in [0.3, 0.4) is 0 Å². The number of carbonyl (C=O) groups is 2. The van der Waals surface area contributed by atoms with E-state index in [9.17, 15) is 9.59 Å². The smallest absolute Gasteiger partial charge is 0.320 e. The van der Waals surface area contributed by atoms with Crippen LogP contribution < -0.4 is 0 Å². The van der Waals surface area contributed by atoms with E-state index >= 15 is 0 Å². The Bertz CT molecular complexity index is 232. The first-order valence-corrected chi connectivity index (χ1v) is 5.28. The van der Waals surface area contributed by atoms with Gasteiger partial charge in [0, 0.05) is 20.1 Å². The number of carbonyl (C=O) groups excluding carboxylic acids is 2. The summed E-state index contributed by atoms with van der Waals surface area (Å²) in [5.41, 5.74) is 0. The maximum absolute atomic E-state index is 11.6. The predicted octanol–water partition coefficient (Wildman–Crippen LogP) is 0.594. The molecule has 0 aromatic carbocycles. The summed E-state index contributed by atoms with van der Waals surface area (Å²) < 4.78 is 19.4. The van der Waals surface area contributed by atoms with Gasteiger partial charge in [0.25, 0.3) is 0 Å². The van der Waals surface area contributed by atoms with Gasteiger partial charge in [0.1, 0.15) is 0 Å². The topological polar surface area (TPSA) is 71.1 Å². The fourth-order valence-corrected chi connectivity index (χ4v) is 1.73. The molecule has 1 unspecified atom stereocenters. The molecule has 0 rings (SSSR count). The van der Waals surface area contributed by atoms with Crippen LogP contribution in [-0.4, -0.2) is 46.7 Å². The first-order valence-electron chi connectivity index (χ1n) is 5.28. The third-order valence-corrected chi connectivity index (χ3v) is 2.62. The Labute approximate surface area is 101 Å². The average molecular weight is 248 g/mol. The van der Waals surface area contributed by atoms with E-state index in [0.29, 0.717) is 6.42 Å². The molecular weight excluding hydrogens is 228 g/mol. The molecule has 0 aliphatic heterocycles. The predicted molar refractivity (Wildman–Crippen MR) is 59.1 cm³/mol. The van der Waals surface area contributed by atoms with Crippen molar-refractivity contribution in [3.63, 3.8) is 0 Å². The van der Waals surface area contributed by atoms with Crippen molar-refractivity contribution in [2.45, 2.75) is 19.6 Å². The molecule has 0 heterocycles. The number of hydrogen-bond donors (Lipinski definition) is 0. The van der Waals surface area contributed by atoms with Gasteiger partial charge in [-0.25, -0.2) is 0 Å². The Kier molecular flexibility index (Phi) is 7.49. The van der Waals surface area contributed by atoms with E-state index in [0.717, 1.165) is 0 Å². The summed E-state index contributed by atoms with van der Waals surface area (Å²) in [6.45, 7) is 1.83. The molecule has 0 bridgehead atoms. The van der Waals surface area contributed by atoms with Crippen molar-refractivity contribution in [2.75, 3.05) is 28.4 Å². The van der Waals surface area contributed by atoms with Crippen LogP contribution in [0.4, 0.5) is 0 Å². The molecule has 6 heteroatoms. The van der Waals surface area contributed by atoms with Crippen molar-refractivity contribution in [1.29, 1.82) is 0 Å². The van der Waals surface area contributed by atoms with Crippen LogP contribution in [0, 0.1) is 11.8 Å². The van der Waals surface area contributed by atoms with Crippen LogP contribution in [0.25, 0.3) is 0 Å². The molecule has 0 aromatic heterocycles. The molecule has 0 amide bonds. The Morgan fingerprint density at radius 2 is 1.35 bits per heavy atom. The Balaban J connectivity index is 5.09. The highest BCUT2D eigenvalue weighted by atomic mass is 16.7. The van der Waals surface area contributed by atoms with Crippen LogP contribution in [0.1, 0.15) is 13.3 Å². The van der Waals surface area contributed by atoms with Gasteiger partial charge in [-0.2, -0.15) is 0 Å². The van der Waals surface area contributed by atoms with Gasteiger partial charge in [0.05, 0.1) is 14.2 Å². The Hall–Kier alpha value is -1.14. The lowest BCUT2D eigenvalue weighted by Gasteiger charge is -2.27. The summed E-state index contributed by atoms with van der Waals surface area (Å²) in [6, 6.07) is 0. The maximum atomic E-state index is 11.6. The highest BCUT2D eigenvalue weighted by Gasteiger charge is 2.40. The van der Waals surface area contributed by atoms with Gasteiger partial charge < -0.3 is 18.9 Å². The zero-order valence-corrected chi connectivity index (χ0v) is 10.9. The summed E-state index contributed by atoms with van der Waals surface area (Å²) in [7, 11) is 5.34. The van der Waals surface area contributed by atoms with Crippen molar-refractivity contribution >= 4 is 11.9 Å². The molecular formula is C11H20O6. The van der Waals surface area contributed by atoms with Gasteiger partial charge in [-0.1, -0.05) is 6.92 Å². The summed E-state index contributed by atoms with van der Waals surface area (Å²) in [5.74, 6) is -2.80. The van der Waals surface area contributed by atoms with Gasteiger partial charge in [0.15, 0.2) is 12.2 Å². The SMILES string of the molecule is CCC(C(OC)OC)C(C(=O)OC)C(=O)OC. The van der Waals surface area contributed by atoms with Gasteiger partial charge in [-0.3, -0.25) is 9.59 Å². The van der Waals surface area contributed by atoms with Crippen LogP contribution in [0.5, 0.6) is 0 Å². The van der Waals surface area contributed by atoms with Crippen LogP contribution in [-0.2, 0) is 28.5 Å². The summed E-state index contributed by atoms with van der Waals surface area (Å²) in [6.07, 6.45) is -0.149. The summed E-state index contributed by atoms with van der Waals surface area (Å²) in [5, 5.41) is 0. The molecule has 0 aliphatic carbocycles. The van der Waals surface area contributed by atoms with Gasteiger partial charge in [0.2, 0.25) is 0 Å². The largest absolute Gasteiger partial charge is 0.468 e. The zero-order chi connectivity index (χ0) is 13.4. The van der Waals surface area contributed by atoms with E-state index in [-0.39, 0.29) is 0 Å². The second-order valence-electron chi connectivity index (χ2n) is 3.44. The molecule has 17 heavy (non-hydrogen) atoms. The number of esters is 2. The molecule has 0 aliphatic rings. The molecule has 0 fully saturated rings. The molecule has 0 saturated carbocycles. The van der Waals surface area contributed by atoms with E-state index in [2.05, 4.69) is 9.47 Å². The van der Waals surface area contributed by atoms with Gasteiger partial charge >= 0.3 is 11.9 Å². The zero-order valence-electron chi connectivity index (χ0n) is 10.9. The summed E-state index contributed by atoms with van der Waals surface area (Å²) >= 11 is 0. The number of ether oxygens (including phenoxy) is 4. The van der Waals surface area contributed by atoms with Gasteiger partial charge in [-0.05, 0) is 6.42 Å². The molecule has 1 atom stereocenters. The molecule has 100 valence electrons. The quantitative estimate of drug-likeness (QED) is 0.373. The lowest BCUT2D eigenvalue weighted by Crippen LogP contribution is -2.40. The third kappa shape index (κ3) is 3.98. The monoisotopic (exact) mass is 248 g/mol. The molecule has 0 aromatic rings. The van der Waals surface area contributed by atoms with Crippen molar-refractivity contribution in [1.82, 2.24) is 0 Å². The lowest BCUT2D eigenvalue weighted by atomic mass is 9.89. The van der Waals surface area contributed by atoms with Crippen LogP contribution in [0.15, 0.2) is 0 Å². The standard InChI is InChI=1S/C11H20O6/c1-6-7(11(16-4)17-5)8(9(12)14-2)10(13)15-3/h7-8,11H,6H2,1-5H3. The lowest BCUT2D eigenvalue weighted by molar-refractivity contribution is -0.182. The number of rotatable bonds is 7.